The molecule has 0 amide bonds. The molecule has 1 aliphatic rings. The summed E-state index contributed by atoms with van der Waals surface area (Å²) in [6.45, 7) is 6.36. The van der Waals surface area contributed by atoms with Gasteiger partial charge in [-0.25, -0.2) is 0 Å². The van der Waals surface area contributed by atoms with Crippen molar-refractivity contribution in [1.29, 1.82) is 0 Å². The van der Waals surface area contributed by atoms with Crippen molar-refractivity contribution in [3.63, 3.8) is 0 Å². The van der Waals surface area contributed by atoms with Gasteiger partial charge in [0.15, 0.2) is 9.76 Å². The highest BCUT2D eigenvalue weighted by Gasteiger charge is 2.55. The molecule has 0 aromatic rings. The van der Waals surface area contributed by atoms with E-state index < -0.39 is 15.2 Å². The molecule has 1 fully saturated rings. The maximum absolute atomic E-state index is 11.7. The van der Waals surface area contributed by atoms with Gasteiger partial charge in [-0.15, -0.1) is 0 Å². The van der Waals surface area contributed by atoms with E-state index in [-0.39, 0.29) is 17.5 Å². The number of carbonyl (C=O) groups is 2. The fraction of sp³-hybridized carbons (Fsp3) is 0.800. The maximum atomic E-state index is 11.7. The zero-order valence-corrected chi connectivity index (χ0v) is 11.0. The van der Waals surface area contributed by atoms with E-state index in [2.05, 4.69) is 0 Å². The Kier molecular flexibility index (Phi) is 4.04. The van der Waals surface area contributed by atoms with Gasteiger partial charge in [-0.1, -0.05) is 13.8 Å². The summed E-state index contributed by atoms with van der Waals surface area (Å²) in [5, 5.41) is 0. The van der Waals surface area contributed by atoms with Crippen LogP contribution in [0, 0.1) is 5.41 Å². The molecule has 1 aliphatic heterocycles. The first-order chi connectivity index (χ1) is 7.12. The summed E-state index contributed by atoms with van der Waals surface area (Å²) in [7, 11) is -1.01. The van der Waals surface area contributed by atoms with E-state index in [1.54, 1.807) is 0 Å². The van der Waals surface area contributed by atoms with Crippen molar-refractivity contribution in [2.75, 3.05) is 6.61 Å². The van der Waals surface area contributed by atoms with Crippen LogP contribution in [0.15, 0.2) is 0 Å². The van der Waals surface area contributed by atoms with Crippen LogP contribution in [0.5, 0.6) is 0 Å². The SMILES string of the molecule is CCO[SiH2]C1C(=O)OC(=O)C1(CC)CC. The molecule has 0 radical (unpaired) electrons. The summed E-state index contributed by atoms with van der Waals surface area (Å²) < 4.78 is 10.1. The molecule has 0 bridgehead atoms. The minimum atomic E-state index is -1.01. The third-order valence-corrected chi connectivity index (χ3v) is 5.39. The van der Waals surface area contributed by atoms with Crippen LogP contribution >= 0.6 is 0 Å². The van der Waals surface area contributed by atoms with Gasteiger partial charge in [0.25, 0.3) is 0 Å². The topological polar surface area (TPSA) is 52.6 Å². The molecule has 1 unspecified atom stereocenters. The lowest BCUT2D eigenvalue weighted by atomic mass is 9.80. The van der Waals surface area contributed by atoms with Crippen molar-refractivity contribution < 1.29 is 18.8 Å². The zero-order chi connectivity index (χ0) is 11.5. The molecule has 1 heterocycles. The van der Waals surface area contributed by atoms with Gasteiger partial charge in [-0.3, -0.25) is 9.59 Å². The minimum absolute atomic E-state index is 0.292. The number of esters is 2. The van der Waals surface area contributed by atoms with Crippen LogP contribution in [0.4, 0.5) is 0 Å². The maximum Gasteiger partial charge on any atom is 0.320 e. The van der Waals surface area contributed by atoms with Crippen molar-refractivity contribution in [2.45, 2.75) is 39.2 Å². The largest absolute Gasteiger partial charge is 0.423 e. The number of ether oxygens (including phenoxy) is 1. The van der Waals surface area contributed by atoms with E-state index in [0.717, 1.165) is 0 Å². The van der Waals surface area contributed by atoms with E-state index >= 15 is 0 Å². The summed E-state index contributed by atoms with van der Waals surface area (Å²) >= 11 is 0. The molecule has 15 heavy (non-hydrogen) atoms. The van der Waals surface area contributed by atoms with Gasteiger partial charge in [0, 0.05) is 6.61 Å². The van der Waals surface area contributed by atoms with E-state index in [0.29, 0.717) is 19.4 Å². The molecule has 0 aliphatic carbocycles. The van der Waals surface area contributed by atoms with E-state index in [1.165, 1.54) is 0 Å². The van der Waals surface area contributed by atoms with Crippen molar-refractivity contribution >= 4 is 21.7 Å². The van der Waals surface area contributed by atoms with Crippen molar-refractivity contribution in [2.24, 2.45) is 5.41 Å². The lowest BCUT2D eigenvalue weighted by Crippen LogP contribution is -2.33. The average Bonchev–Trinajstić information content (AvgIpc) is 2.47. The summed E-state index contributed by atoms with van der Waals surface area (Å²) in [6, 6.07) is 0. The predicted octanol–water partition coefficient (Wildman–Crippen LogP) is 0.785. The van der Waals surface area contributed by atoms with Gasteiger partial charge in [-0.05, 0) is 19.8 Å². The lowest BCUT2D eigenvalue weighted by Gasteiger charge is -2.26. The average molecular weight is 230 g/mol. The lowest BCUT2D eigenvalue weighted by molar-refractivity contribution is -0.155. The van der Waals surface area contributed by atoms with Crippen molar-refractivity contribution in [1.82, 2.24) is 0 Å². The smallest absolute Gasteiger partial charge is 0.320 e. The summed E-state index contributed by atoms with van der Waals surface area (Å²) in [6.07, 6.45) is 1.30. The molecule has 1 atom stereocenters. The molecule has 0 aromatic heterocycles. The Labute approximate surface area is 92.3 Å². The monoisotopic (exact) mass is 230 g/mol. The van der Waals surface area contributed by atoms with Crippen LogP contribution in [0.25, 0.3) is 0 Å². The Balaban J connectivity index is 2.88. The van der Waals surface area contributed by atoms with Crippen LogP contribution in [0.2, 0.25) is 5.54 Å². The van der Waals surface area contributed by atoms with Gasteiger partial charge in [0.2, 0.25) is 0 Å². The van der Waals surface area contributed by atoms with Crippen LogP contribution < -0.4 is 0 Å². The molecule has 0 aromatic carbocycles. The third-order valence-electron chi connectivity index (χ3n) is 3.30. The Hall–Kier alpha value is -0.683. The van der Waals surface area contributed by atoms with Crippen LogP contribution in [0.3, 0.4) is 0 Å². The Morgan fingerprint density at radius 1 is 1.33 bits per heavy atom. The number of carbonyl (C=O) groups excluding carboxylic acids is 2. The van der Waals surface area contributed by atoms with Crippen LogP contribution in [-0.2, 0) is 18.8 Å². The van der Waals surface area contributed by atoms with Crippen molar-refractivity contribution in [3.05, 3.63) is 0 Å². The molecule has 5 heteroatoms. The second-order valence-corrected chi connectivity index (χ2v) is 5.34. The third kappa shape index (κ3) is 1.98. The molecular formula is C10H18O4Si. The number of rotatable bonds is 5. The first-order valence-corrected chi connectivity index (χ1v) is 6.85. The molecule has 0 saturated carbocycles. The quantitative estimate of drug-likeness (QED) is 0.398. The number of hydrogen-bond acceptors (Lipinski definition) is 4. The van der Waals surface area contributed by atoms with E-state index in [4.69, 9.17) is 9.16 Å². The van der Waals surface area contributed by atoms with E-state index in [1.807, 2.05) is 20.8 Å². The second kappa shape index (κ2) is 4.89. The van der Waals surface area contributed by atoms with Gasteiger partial charge in [-0.2, -0.15) is 0 Å². The fourth-order valence-electron chi connectivity index (χ4n) is 2.13. The molecule has 0 N–H and O–H groups in total. The Morgan fingerprint density at radius 3 is 2.40 bits per heavy atom. The Morgan fingerprint density at radius 2 is 1.93 bits per heavy atom. The van der Waals surface area contributed by atoms with Crippen LogP contribution in [0.1, 0.15) is 33.6 Å². The van der Waals surface area contributed by atoms with Gasteiger partial charge < -0.3 is 9.16 Å². The summed E-state index contributed by atoms with van der Waals surface area (Å²) in [5.41, 5.74) is -0.890. The number of hydrogen-bond donors (Lipinski definition) is 0. The highest BCUT2D eigenvalue weighted by Crippen LogP contribution is 2.46. The standard InChI is InChI=1S/C10H18O4Si/c1-4-10(5-2)7(15-13-6-3)8(11)14-9(10)12/h7H,4-6,15H2,1-3H3. The Bertz CT molecular complexity index is 260. The van der Waals surface area contributed by atoms with Gasteiger partial charge in [0.1, 0.15) is 0 Å². The highest BCUT2D eigenvalue weighted by atomic mass is 28.2. The molecule has 4 nitrogen and oxygen atoms in total. The van der Waals surface area contributed by atoms with Gasteiger partial charge in [0.05, 0.1) is 11.0 Å². The summed E-state index contributed by atoms with van der Waals surface area (Å²) in [5.74, 6) is -0.724. The second-order valence-electron chi connectivity index (χ2n) is 3.78. The molecule has 0 spiro atoms. The molecule has 1 saturated heterocycles. The fourth-order valence-corrected chi connectivity index (χ4v) is 3.88. The number of cyclic esters (lactones) is 2. The van der Waals surface area contributed by atoms with Crippen molar-refractivity contribution in [3.8, 4) is 0 Å². The summed E-state index contributed by atoms with van der Waals surface area (Å²) in [4.78, 5) is 23.2. The molecule has 1 rings (SSSR count). The van der Waals surface area contributed by atoms with E-state index in [9.17, 15) is 9.59 Å². The highest BCUT2D eigenvalue weighted by molar-refractivity contribution is 6.40. The molecule has 86 valence electrons. The van der Waals surface area contributed by atoms with Crippen LogP contribution in [-0.4, -0.2) is 28.3 Å². The first-order valence-electron chi connectivity index (χ1n) is 5.46. The van der Waals surface area contributed by atoms with Gasteiger partial charge >= 0.3 is 11.9 Å². The molecular weight excluding hydrogens is 212 g/mol. The predicted molar refractivity (Wildman–Crippen MR) is 58.0 cm³/mol. The normalized spacial score (nSPS) is 25.1. The first kappa shape index (κ1) is 12.4. The zero-order valence-electron chi connectivity index (χ0n) is 9.54. The minimum Gasteiger partial charge on any atom is -0.423 e.